The first kappa shape index (κ1) is 21.5. The molecule has 3 rings (SSSR count). The number of hydrogen-bond acceptors (Lipinski definition) is 4. The molecule has 30 heavy (non-hydrogen) atoms. The van der Waals surface area contributed by atoms with Crippen LogP contribution in [0.5, 0.6) is 5.75 Å². The molecule has 0 spiro atoms. The largest absolute Gasteiger partial charge is 0.487 e. The fraction of sp³-hybridized carbons (Fsp3) is 0.143. The number of halogens is 3. The van der Waals surface area contributed by atoms with Gasteiger partial charge in [0.2, 0.25) is 0 Å². The lowest BCUT2D eigenvalue weighted by Gasteiger charge is -2.15. The van der Waals surface area contributed by atoms with Crippen LogP contribution in [0.3, 0.4) is 0 Å². The molecule has 3 aromatic rings. The van der Waals surface area contributed by atoms with Gasteiger partial charge in [0.05, 0.1) is 0 Å². The molecule has 0 saturated heterocycles. The van der Waals surface area contributed by atoms with Gasteiger partial charge in [-0.2, -0.15) is 0 Å². The third-order valence-corrected chi connectivity index (χ3v) is 5.00. The number of carbonyl (C=O) groups is 1. The maximum Gasteiger partial charge on any atom is 0.404 e. The Balaban J connectivity index is 1.84. The van der Waals surface area contributed by atoms with Gasteiger partial charge in [-0.05, 0) is 52.7 Å². The number of benzene rings is 2. The standard InChI is InChI=1S/C21H17BrF2N2O4/c1-12-8-18(29-11-14-4-5-15(23)9-17(14)24)19(22)20(27)26(12)16-6-2-13(3-7-16)10-30-21(25)28/h2-9H,10-11H2,1H3,(H2,25,28). The fourth-order valence-corrected chi connectivity index (χ4v) is 3.20. The van der Waals surface area contributed by atoms with Crippen LogP contribution in [0, 0.1) is 18.6 Å². The van der Waals surface area contributed by atoms with Crippen molar-refractivity contribution in [1.29, 1.82) is 0 Å². The van der Waals surface area contributed by atoms with E-state index in [0.717, 1.165) is 12.1 Å². The van der Waals surface area contributed by atoms with E-state index in [-0.39, 0.29) is 34.6 Å². The summed E-state index contributed by atoms with van der Waals surface area (Å²) in [5, 5.41) is 0. The van der Waals surface area contributed by atoms with E-state index in [0.29, 0.717) is 16.9 Å². The van der Waals surface area contributed by atoms with Crippen LogP contribution >= 0.6 is 15.9 Å². The van der Waals surface area contributed by atoms with Gasteiger partial charge in [0, 0.05) is 29.1 Å². The molecule has 0 aliphatic heterocycles. The first-order chi connectivity index (χ1) is 14.3. The lowest BCUT2D eigenvalue weighted by molar-refractivity contribution is 0.150. The number of amides is 1. The summed E-state index contributed by atoms with van der Waals surface area (Å²) in [6.07, 6.45) is -0.869. The van der Waals surface area contributed by atoms with Crippen LogP contribution in [-0.2, 0) is 18.0 Å². The summed E-state index contributed by atoms with van der Waals surface area (Å²) in [6.45, 7) is 1.59. The summed E-state index contributed by atoms with van der Waals surface area (Å²) in [5.41, 5.74) is 6.63. The second kappa shape index (κ2) is 9.08. The van der Waals surface area contributed by atoms with E-state index in [4.69, 9.17) is 15.2 Å². The maximum absolute atomic E-state index is 13.8. The minimum absolute atomic E-state index is 0.0277. The first-order valence-electron chi connectivity index (χ1n) is 8.76. The third-order valence-electron chi connectivity index (χ3n) is 4.27. The van der Waals surface area contributed by atoms with Crippen molar-refractivity contribution in [1.82, 2.24) is 4.57 Å². The van der Waals surface area contributed by atoms with Crippen molar-refractivity contribution in [2.45, 2.75) is 20.1 Å². The van der Waals surface area contributed by atoms with E-state index in [1.54, 1.807) is 37.3 Å². The smallest absolute Gasteiger partial charge is 0.404 e. The quantitative estimate of drug-likeness (QED) is 0.570. The van der Waals surface area contributed by atoms with Crippen LogP contribution in [0.4, 0.5) is 13.6 Å². The van der Waals surface area contributed by atoms with Crippen molar-refractivity contribution in [2.75, 3.05) is 0 Å². The molecule has 0 aliphatic carbocycles. The highest BCUT2D eigenvalue weighted by atomic mass is 79.9. The highest BCUT2D eigenvalue weighted by Gasteiger charge is 2.14. The van der Waals surface area contributed by atoms with E-state index in [2.05, 4.69) is 15.9 Å². The number of hydrogen-bond donors (Lipinski definition) is 1. The summed E-state index contributed by atoms with van der Waals surface area (Å²) in [7, 11) is 0. The van der Waals surface area contributed by atoms with Gasteiger partial charge in [-0.15, -0.1) is 0 Å². The van der Waals surface area contributed by atoms with Gasteiger partial charge in [-0.1, -0.05) is 12.1 Å². The number of primary amides is 1. The number of aryl methyl sites for hydroxylation is 1. The van der Waals surface area contributed by atoms with E-state index in [9.17, 15) is 18.4 Å². The molecule has 1 amide bonds. The molecule has 2 aromatic carbocycles. The number of aromatic nitrogens is 1. The summed E-state index contributed by atoms with van der Waals surface area (Å²) in [5.74, 6) is -1.16. The average Bonchev–Trinajstić information content (AvgIpc) is 2.70. The van der Waals surface area contributed by atoms with Crippen molar-refractivity contribution in [3.8, 4) is 11.4 Å². The molecule has 2 N–H and O–H groups in total. The van der Waals surface area contributed by atoms with Crippen molar-refractivity contribution >= 4 is 22.0 Å². The van der Waals surface area contributed by atoms with Crippen LogP contribution in [-0.4, -0.2) is 10.7 Å². The van der Waals surface area contributed by atoms with E-state index in [1.807, 2.05) is 0 Å². The third kappa shape index (κ3) is 4.85. The molecule has 0 radical (unpaired) electrons. The number of carbonyl (C=O) groups excluding carboxylic acids is 1. The lowest BCUT2D eigenvalue weighted by atomic mass is 10.2. The summed E-state index contributed by atoms with van der Waals surface area (Å²) >= 11 is 3.24. The molecule has 0 fully saturated rings. The van der Waals surface area contributed by atoms with Gasteiger partial charge in [0.1, 0.15) is 35.1 Å². The molecule has 6 nitrogen and oxygen atoms in total. The van der Waals surface area contributed by atoms with E-state index < -0.39 is 17.7 Å². The summed E-state index contributed by atoms with van der Waals surface area (Å²) in [4.78, 5) is 23.6. The Labute approximate surface area is 179 Å². The minimum atomic E-state index is -0.869. The van der Waals surface area contributed by atoms with Crippen LogP contribution in [0.25, 0.3) is 5.69 Å². The van der Waals surface area contributed by atoms with Crippen molar-refractivity contribution in [3.63, 3.8) is 0 Å². The Morgan fingerprint density at radius 3 is 2.43 bits per heavy atom. The van der Waals surface area contributed by atoms with Gasteiger partial charge in [0.25, 0.3) is 5.56 Å². The molecular weight excluding hydrogens is 462 g/mol. The summed E-state index contributed by atoms with van der Waals surface area (Å²) < 4.78 is 38.8. The fourth-order valence-electron chi connectivity index (χ4n) is 2.80. The SMILES string of the molecule is Cc1cc(OCc2ccc(F)cc2F)c(Br)c(=O)n1-c1ccc(COC(N)=O)cc1. The molecule has 1 heterocycles. The second-order valence-electron chi connectivity index (χ2n) is 6.40. The van der Waals surface area contributed by atoms with Crippen LogP contribution in [0.1, 0.15) is 16.8 Å². The number of nitrogens with two attached hydrogens (primary N) is 1. The normalized spacial score (nSPS) is 10.7. The van der Waals surface area contributed by atoms with Crippen molar-refractivity contribution in [3.05, 3.63) is 91.8 Å². The molecule has 0 saturated carbocycles. The van der Waals surface area contributed by atoms with E-state index >= 15 is 0 Å². The average molecular weight is 479 g/mol. The van der Waals surface area contributed by atoms with Gasteiger partial charge in [0.15, 0.2) is 0 Å². The predicted molar refractivity (Wildman–Crippen MR) is 110 cm³/mol. The van der Waals surface area contributed by atoms with Crippen molar-refractivity contribution in [2.24, 2.45) is 5.73 Å². The number of ether oxygens (including phenoxy) is 2. The van der Waals surface area contributed by atoms with E-state index in [1.165, 1.54) is 10.6 Å². The highest BCUT2D eigenvalue weighted by Crippen LogP contribution is 2.25. The topological polar surface area (TPSA) is 83.6 Å². The lowest BCUT2D eigenvalue weighted by Crippen LogP contribution is -2.22. The first-order valence-corrected chi connectivity index (χ1v) is 9.56. The van der Waals surface area contributed by atoms with Gasteiger partial charge in [-0.25, -0.2) is 13.6 Å². The minimum Gasteiger partial charge on any atom is -0.487 e. The Bertz CT molecular complexity index is 1150. The van der Waals surface area contributed by atoms with Gasteiger partial charge < -0.3 is 15.2 Å². The van der Waals surface area contributed by atoms with Gasteiger partial charge in [-0.3, -0.25) is 9.36 Å². The molecular formula is C21H17BrF2N2O4. The zero-order chi connectivity index (χ0) is 21.8. The molecule has 9 heteroatoms. The van der Waals surface area contributed by atoms with Crippen LogP contribution < -0.4 is 16.0 Å². The summed E-state index contributed by atoms with van der Waals surface area (Å²) in [6, 6.07) is 11.7. The Morgan fingerprint density at radius 1 is 1.10 bits per heavy atom. The van der Waals surface area contributed by atoms with Crippen LogP contribution in [0.15, 0.2) is 57.8 Å². The second-order valence-corrected chi connectivity index (χ2v) is 7.20. The van der Waals surface area contributed by atoms with Crippen molar-refractivity contribution < 1.29 is 23.0 Å². The molecule has 0 bridgehead atoms. The number of nitrogens with zero attached hydrogens (tertiary/aromatic N) is 1. The molecule has 0 aliphatic rings. The predicted octanol–water partition coefficient (Wildman–Crippen LogP) is 4.36. The van der Waals surface area contributed by atoms with Crippen LogP contribution in [0.2, 0.25) is 0 Å². The van der Waals surface area contributed by atoms with Gasteiger partial charge >= 0.3 is 6.09 Å². The molecule has 156 valence electrons. The Morgan fingerprint density at radius 2 is 1.80 bits per heavy atom. The molecule has 1 aromatic heterocycles. The number of pyridine rings is 1. The zero-order valence-electron chi connectivity index (χ0n) is 15.8. The zero-order valence-corrected chi connectivity index (χ0v) is 17.4. The molecule has 0 atom stereocenters. The molecule has 0 unspecified atom stereocenters. The number of rotatable bonds is 6. The Hall–Kier alpha value is -3.20. The monoisotopic (exact) mass is 478 g/mol. The Kier molecular flexibility index (Phi) is 6.51. The highest BCUT2D eigenvalue weighted by molar-refractivity contribution is 9.10. The maximum atomic E-state index is 13.8.